The number of ether oxygens (including phenoxy) is 2. The standard InChI is InChI=1S/C42H42O19/c43-10-14-6-19-27(22(48)8-14)33(53)26-16(2-1-3-21(26)47)41(19,39-37(57)35(55)31(51)24(12-45)60-39)18-5-4-17-29(30(18)50)34(54)28-20(7-15(11-44)9-23(28)49)42(17,59)40-38(58)36(56)32(52)25(13-46)61-40/h1-9,24-25,31-32,35-40,43-52,55-59H,10-13H2. The largest absolute Gasteiger partial charge is 0.507 e. The second-order valence-corrected chi connectivity index (χ2v) is 15.7. The van der Waals surface area contributed by atoms with E-state index in [-0.39, 0.29) is 22.3 Å². The number of phenols is 4. The van der Waals surface area contributed by atoms with Gasteiger partial charge in [-0.2, -0.15) is 0 Å². The molecule has 0 bridgehead atoms. The highest BCUT2D eigenvalue weighted by Gasteiger charge is 2.63. The van der Waals surface area contributed by atoms with Crippen LogP contribution in [0.4, 0.5) is 0 Å². The van der Waals surface area contributed by atoms with E-state index in [0.29, 0.717) is 0 Å². The second-order valence-electron chi connectivity index (χ2n) is 15.7. The third kappa shape index (κ3) is 5.72. The van der Waals surface area contributed by atoms with Crippen LogP contribution in [-0.2, 0) is 33.7 Å². The van der Waals surface area contributed by atoms with Gasteiger partial charge in [0.05, 0.1) is 54.1 Å². The molecule has 2 aliphatic carbocycles. The molecule has 12 unspecified atom stereocenters. The Bertz CT molecular complexity index is 2450. The van der Waals surface area contributed by atoms with E-state index in [2.05, 4.69) is 0 Å². The first-order valence-electron chi connectivity index (χ1n) is 19.0. The second kappa shape index (κ2) is 15.1. The monoisotopic (exact) mass is 850 g/mol. The van der Waals surface area contributed by atoms with E-state index in [0.717, 1.165) is 36.4 Å². The summed E-state index contributed by atoms with van der Waals surface area (Å²) >= 11 is 0. The van der Waals surface area contributed by atoms with Crippen LogP contribution in [0.25, 0.3) is 0 Å². The van der Waals surface area contributed by atoms with E-state index in [1.54, 1.807) is 0 Å². The molecule has 8 rings (SSSR count). The van der Waals surface area contributed by atoms with Crippen molar-refractivity contribution >= 4 is 11.6 Å². The molecule has 19 heteroatoms. The van der Waals surface area contributed by atoms with Gasteiger partial charge >= 0.3 is 0 Å². The van der Waals surface area contributed by atoms with Gasteiger partial charge in [0.15, 0.2) is 0 Å². The van der Waals surface area contributed by atoms with Crippen molar-refractivity contribution in [3.05, 3.63) is 116 Å². The molecule has 0 spiro atoms. The minimum atomic E-state index is -2.93. The molecule has 2 fully saturated rings. The van der Waals surface area contributed by atoms with Gasteiger partial charge in [0.25, 0.3) is 0 Å². The maximum Gasteiger partial charge on any atom is 0.201 e. The van der Waals surface area contributed by atoms with Crippen LogP contribution in [0.1, 0.15) is 70.8 Å². The number of aliphatic hydroxyl groups is 11. The van der Waals surface area contributed by atoms with Crippen LogP contribution < -0.4 is 0 Å². The molecule has 19 nitrogen and oxygen atoms in total. The lowest BCUT2D eigenvalue weighted by Gasteiger charge is -2.52. The Kier molecular flexibility index (Phi) is 10.5. The van der Waals surface area contributed by atoms with Gasteiger partial charge in [0, 0.05) is 16.7 Å². The Labute approximate surface area is 344 Å². The molecule has 0 radical (unpaired) electrons. The van der Waals surface area contributed by atoms with Gasteiger partial charge in [-0.15, -0.1) is 0 Å². The molecule has 2 heterocycles. The molecule has 324 valence electrons. The van der Waals surface area contributed by atoms with Crippen LogP contribution >= 0.6 is 0 Å². The molecule has 15 N–H and O–H groups in total. The SMILES string of the molecule is O=C1c2c(O)cccc2C(c2ccc3c(c2O)C(=O)c2c(O)cc(CO)cc2C3(O)C2OC(CO)C(O)C(O)C2O)(C2OC(CO)C(O)C(O)C2O)c2cc(CO)cc(O)c21. The topological polar surface area (TPSA) is 356 Å². The molecule has 0 aromatic heterocycles. The van der Waals surface area contributed by atoms with Gasteiger partial charge in [-0.1, -0.05) is 30.3 Å². The number of rotatable bonds is 7. The number of ketones is 2. The van der Waals surface area contributed by atoms with Gasteiger partial charge in [0.1, 0.15) is 89.6 Å². The van der Waals surface area contributed by atoms with Crippen LogP contribution in [0.3, 0.4) is 0 Å². The van der Waals surface area contributed by atoms with E-state index >= 15 is 0 Å². The molecule has 0 saturated carbocycles. The van der Waals surface area contributed by atoms with Crippen LogP contribution in [0, 0.1) is 0 Å². The van der Waals surface area contributed by atoms with Crippen molar-refractivity contribution in [1.82, 2.24) is 0 Å². The molecule has 4 aliphatic rings. The quantitative estimate of drug-likeness (QED) is 0.0872. The van der Waals surface area contributed by atoms with Gasteiger partial charge in [-0.3, -0.25) is 9.59 Å². The predicted molar refractivity (Wildman–Crippen MR) is 202 cm³/mol. The van der Waals surface area contributed by atoms with Gasteiger partial charge in [-0.05, 0) is 46.5 Å². The molecular weight excluding hydrogens is 808 g/mol. The maximum atomic E-state index is 14.9. The number of benzene rings is 4. The van der Waals surface area contributed by atoms with Gasteiger partial charge < -0.3 is 86.1 Å². The van der Waals surface area contributed by atoms with Gasteiger partial charge in [-0.25, -0.2) is 0 Å². The van der Waals surface area contributed by atoms with Gasteiger partial charge in [0.2, 0.25) is 11.6 Å². The van der Waals surface area contributed by atoms with Crippen molar-refractivity contribution in [1.29, 1.82) is 0 Å². The number of hydrogen-bond donors (Lipinski definition) is 15. The first kappa shape index (κ1) is 42.6. The fraction of sp³-hybridized carbons (Fsp3) is 0.381. The number of fused-ring (bicyclic) bond motifs is 4. The summed E-state index contributed by atoms with van der Waals surface area (Å²) in [7, 11) is 0. The zero-order valence-corrected chi connectivity index (χ0v) is 31.6. The van der Waals surface area contributed by atoms with Crippen molar-refractivity contribution < 1.29 is 95.7 Å². The van der Waals surface area contributed by atoms with Crippen LogP contribution in [0.15, 0.2) is 54.6 Å². The molecule has 2 aliphatic heterocycles. The number of phenolic OH excluding ortho intramolecular Hbond substituents is 4. The summed E-state index contributed by atoms with van der Waals surface area (Å²) in [5.41, 5.74) is -10.6. The normalized spacial score (nSPS) is 33.1. The number of carbonyl (C=O) groups is 2. The smallest absolute Gasteiger partial charge is 0.201 e. The third-order valence-electron chi connectivity index (χ3n) is 12.6. The van der Waals surface area contributed by atoms with Crippen molar-refractivity contribution in [2.45, 2.75) is 85.3 Å². The van der Waals surface area contributed by atoms with Crippen LogP contribution in [-0.4, -0.2) is 162 Å². The molecule has 61 heavy (non-hydrogen) atoms. The van der Waals surface area contributed by atoms with Crippen molar-refractivity contribution in [2.75, 3.05) is 13.2 Å². The minimum absolute atomic E-state index is 0.0642. The Hall–Kier alpha value is -5.10. The Morgan fingerprint density at radius 1 is 0.492 bits per heavy atom. The average molecular weight is 851 g/mol. The van der Waals surface area contributed by atoms with Crippen LogP contribution in [0.5, 0.6) is 23.0 Å². The number of carbonyl (C=O) groups excluding carboxylic acids is 2. The molecule has 12 atom stereocenters. The predicted octanol–water partition coefficient (Wildman–Crippen LogP) is -3.16. The fourth-order valence-corrected chi connectivity index (χ4v) is 9.71. The van der Waals surface area contributed by atoms with Crippen molar-refractivity contribution in [3.63, 3.8) is 0 Å². The van der Waals surface area contributed by atoms with Crippen molar-refractivity contribution in [3.8, 4) is 23.0 Å². The van der Waals surface area contributed by atoms with E-state index < -0.39 is 172 Å². The molecular formula is C42H42O19. The molecule has 4 aromatic rings. The number of aromatic hydroxyl groups is 4. The number of aliphatic hydroxyl groups excluding tert-OH is 10. The van der Waals surface area contributed by atoms with E-state index in [4.69, 9.17) is 9.47 Å². The molecule has 4 aromatic carbocycles. The summed E-state index contributed by atoms with van der Waals surface area (Å²) in [6.45, 7) is -3.48. The lowest BCUT2D eigenvalue weighted by molar-refractivity contribution is -0.265. The summed E-state index contributed by atoms with van der Waals surface area (Å²) in [4.78, 5) is 29.2. The fourth-order valence-electron chi connectivity index (χ4n) is 9.71. The lowest BCUT2D eigenvalue weighted by Crippen LogP contribution is -2.65. The summed E-state index contributed by atoms with van der Waals surface area (Å²) < 4.78 is 12.0. The summed E-state index contributed by atoms with van der Waals surface area (Å²) in [5, 5.41) is 168. The Balaban J connectivity index is 1.53. The Morgan fingerprint density at radius 2 is 0.967 bits per heavy atom. The summed E-state index contributed by atoms with van der Waals surface area (Å²) in [6.07, 6.45) is -20.1. The Morgan fingerprint density at radius 3 is 1.52 bits per heavy atom. The highest BCUT2D eigenvalue weighted by molar-refractivity contribution is 6.18. The number of hydrogen-bond acceptors (Lipinski definition) is 19. The zero-order chi connectivity index (χ0) is 44.2. The minimum Gasteiger partial charge on any atom is -0.507 e. The van der Waals surface area contributed by atoms with E-state index in [1.165, 1.54) is 18.2 Å². The zero-order valence-electron chi connectivity index (χ0n) is 31.6. The molecule has 2 saturated heterocycles. The summed E-state index contributed by atoms with van der Waals surface area (Å²) in [5.74, 6) is -5.69. The third-order valence-corrected chi connectivity index (χ3v) is 12.6. The first-order chi connectivity index (χ1) is 28.9. The average Bonchev–Trinajstić information content (AvgIpc) is 3.24. The lowest BCUT2D eigenvalue weighted by atomic mass is 9.56. The van der Waals surface area contributed by atoms with E-state index in [9.17, 15) is 86.2 Å². The summed E-state index contributed by atoms with van der Waals surface area (Å²) in [6, 6.07) is 9.95. The first-order valence-corrected chi connectivity index (χ1v) is 19.0. The van der Waals surface area contributed by atoms with Crippen LogP contribution in [0.2, 0.25) is 0 Å². The van der Waals surface area contributed by atoms with Crippen molar-refractivity contribution in [2.24, 2.45) is 0 Å². The highest BCUT2D eigenvalue weighted by atomic mass is 16.6. The van der Waals surface area contributed by atoms with E-state index in [1.807, 2.05) is 0 Å². The maximum absolute atomic E-state index is 14.9. The highest BCUT2D eigenvalue weighted by Crippen LogP contribution is 2.59. The molecule has 0 amide bonds.